The van der Waals surface area contributed by atoms with Gasteiger partial charge >= 0.3 is 0 Å². The van der Waals surface area contributed by atoms with Crippen molar-refractivity contribution < 1.29 is 19.1 Å². The number of carbonyl (C=O) groups is 2. The zero-order valence-corrected chi connectivity index (χ0v) is 13.6. The fourth-order valence-electron chi connectivity index (χ4n) is 5.17. The van der Waals surface area contributed by atoms with Crippen molar-refractivity contribution in [3.8, 4) is 11.5 Å². The number of nitrogens with zero attached hydrogens (tertiary/aromatic N) is 1. The van der Waals surface area contributed by atoms with Gasteiger partial charge in [0.15, 0.2) is 0 Å². The molecule has 1 aromatic carbocycles. The number of hydrogen-bond donors (Lipinski definition) is 0. The number of ether oxygens (including phenoxy) is 2. The first-order chi connectivity index (χ1) is 11.7. The van der Waals surface area contributed by atoms with Crippen molar-refractivity contribution in [2.45, 2.75) is 6.42 Å². The molecule has 2 saturated carbocycles. The monoisotopic (exact) mass is 325 g/mol. The molecular formula is C19H19NO4. The Morgan fingerprint density at radius 2 is 1.58 bits per heavy atom. The second-order valence-electron chi connectivity index (χ2n) is 7.20. The number of benzene rings is 1. The number of rotatable bonds is 3. The van der Waals surface area contributed by atoms with Gasteiger partial charge in [0, 0.05) is 6.07 Å². The number of methoxy groups -OCH3 is 2. The lowest BCUT2D eigenvalue weighted by Crippen LogP contribution is -2.40. The highest BCUT2D eigenvalue weighted by Gasteiger charge is 2.67. The second-order valence-corrected chi connectivity index (χ2v) is 7.20. The third-order valence-electron chi connectivity index (χ3n) is 6.29. The minimum Gasteiger partial charge on any atom is -0.497 e. The van der Waals surface area contributed by atoms with Gasteiger partial charge in [0.1, 0.15) is 11.5 Å². The largest absolute Gasteiger partial charge is 0.497 e. The van der Waals surface area contributed by atoms with Crippen LogP contribution in [-0.2, 0) is 9.59 Å². The third-order valence-corrected chi connectivity index (χ3v) is 6.29. The molecule has 1 aromatic rings. The topological polar surface area (TPSA) is 55.8 Å². The predicted octanol–water partition coefficient (Wildman–Crippen LogP) is 2.26. The number of carbonyl (C=O) groups excluding carboxylic acids is 2. The summed E-state index contributed by atoms with van der Waals surface area (Å²) in [6.07, 6.45) is 5.52. The molecule has 2 amide bonds. The predicted molar refractivity (Wildman–Crippen MR) is 86.7 cm³/mol. The van der Waals surface area contributed by atoms with E-state index in [9.17, 15) is 9.59 Å². The van der Waals surface area contributed by atoms with Crippen molar-refractivity contribution in [2.75, 3.05) is 19.1 Å². The van der Waals surface area contributed by atoms with E-state index >= 15 is 0 Å². The molecule has 5 nitrogen and oxygen atoms in total. The summed E-state index contributed by atoms with van der Waals surface area (Å²) in [7, 11) is 3.11. The van der Waals surface area contributed by atoms with Crippen molar-refractivity contribution in [1.82, 2.24) is 0 Å². The van der Waals surface area contributed by atoms with E-state index in [1.807, 2.05) is 0 Å². The molecule has 5 aliphatic rings. The minimum absolute atomic E-state index is 0.0822. The van der Waals surface area contributed by atoms with Crippen LogP contribution >= 0.6 is 0 Å². The quantitative estimate of drug-likeness (QED) is 0.632. The van der Waals surface area contributed by atoms with Gasteiger partial charge < -0.3 is 9.47 Å². The summed E-state index contributed by atoms with van der Waals surface area (Å²) in [5.74, 6) is 2.20. The van der Waals surface area contributed by atoms with Crippen LogP contribution < -0.4 is 14.4 Å². The van der Waals surface area contributed by atoms with Crippen molar-refractivity contribution in [1.29, 1.82) is 0 Å². The van der Waals surface area contributed by atoms with Crippen LogP contribution in [0, 0.1) is 35.5 Å². The Labute approximate surface area is 140 Å². The van der Waals surface area contributed by atoms with Crippen molar-refractivity contribution >= 4 is 17.5 Å². The van der Waals surface area contributed by atoms with Crippen LogP contribution in [0.25, 0.3) is 0 Å². The van der Waals surface area contributed by atoms with Crippen LogP contribution in [0.5, 0.6) is 11.5 Å². The lowest BCUT2D eigenvalue weighted by molar-refractivity contribution is -0.124. The average molecular weight is 325 g/mol. The smallest absolute Gasteiger partial charge is 0.238 e. The van der Waals surface area contributed by atoms with Gasteiger partial charge in [0.05, 0.1) is 31.7 Å². The van der Waals surface area contributed by atoms with Gasteiger partial charge in [-0.1, -0.05) is 12.2 Å². The Morgan fingerprint density at radius 3 is 2.12 bits per heavy atom. The van der Waals surface area contributed by atoms with Gasteiger partial charge in [0.2, 0.25) is 11.8 Å². The Kier molecular flexibility index (Phi) is 2.71. The lowest BCUT2D eigenvalue weighted by atomic mass is 9.63. The highest BCUT2D eigenvalue weighted by molar-refractivity contribution is 6.23. The first-order valence-electron chi connectivity index (χ1n) is 8.44. The third kappa shape index (κ3) is 1.60. The van der Waals surface area contributed by atoms with E-state index in [1.165, 1.54) is 11.3 Å². The van der Waals surface area contributed by atoms with Gasteiger partial charge in [-0.2, -0.15) is 0 Å². The van der Waals surface area contributed by atoms with Crippen LogP contribution in [0.3, 0.4) is 0 Å². The number of imide groups is 1. The van der Waals surface area contributed by atoms with Gasteiger partial charge in [0.25, 0.3) is 0 Å². The van der Waals surface area contributed by atoms with Gasteiger partial charge in [-0.15, -0.1) is 0 Å². The zero-order valence-electron chi connectivity index (χ0n) is 13.6. The fraction of sp³-hybridized carbons (Fsp3) is 0.474. The Hall–Kier alpha value is -2.30. The standard InChI is InChI=1S/C19H19NO4/c1-23-9-3-6-15(24-2)14(7-9)20-18(21)16-10-4-5-11(13-8-12(10)13)17(16)19(20)22/h3-7,10-13,16-17H,8H2,1-2H3/t10-,11-,12-,13+,16+,17-/m1/s1. The molecule has 2 bridgehead atoms. The van der Waals surface area contributed by atoms with Crippen molar-refractivity contribution in [2.24, 2.45) is 35.5 Å². The SMILES string of the molecule is COc1ccc(OC)c(N2C(=O)[C@@H]3[C@@H]4C=C[C@H]([C@H]5C[C@@H]45)[C@@H]3C2=O)c1. The van der Waals surface area contributed by atoms with E-state index < -0.39 is 0 Å². The molecule has 1 saturated heterocycles. The van der Waals surface area contributed by atoms with Gasteiger partial charge in [-0.25, -0.2) is 4.90 Å². The second kappa shape index (κ2) is 4.62. The normalized spacial score (nSPS) is 38.2. The molecule has 3 fully saturated rings. The number of allylic oxidation sites excluding steroid dienone is 2. The maximum absolute atomic E-state index is 13.1. The highest BCUT2D eigenvalue weighted by atomic mass is 16.5. The van der Waals surface area contributed by atoms with E-state index in [1.54, 1.807) is 32.4 Å². The van der Waals surface area contributed by atoms with Gasteiger partial charge in [-0.3, -0.25) is 9.59 Å². The molecule has 4 aliphatic carbocycles. The summed E-state index contributed by atoms with van der Waals surface area (Å²) < 4.78 is 10.7. The van der Waals surface area contributed by atoms with Crippen molar-refractivity contribution in [3.05, 3.63) is 30.4 Å². The van der Waals surface area contributed by atoms with E-state index in [2.05, 4.69) is 12.2 Å². The first kappa shape index (κ1) is 14.1. The van der Waals surface area contributed by atoms with Crippen LogP contribution in [0.1, 0.15) is 6.42 Å². The lowest BCUT2D eigenvalue weighted by Gasteiger charge is -2.37. The molecule has 0 aromatic heterocycles. The summed E-state index contributed by atoms with van der Waals surface area (Å²) in [5.41, 5.74) is 0.495. The Bertz CT molecular complexity index is 750. The maximum Gasteiger partial charge on any atom is 0.238 e. The Balaban J connectivity index is 1.60. The Morgan fingerprint density at radius 1 is 0.958 bits per heavy atom. The first-order valence-corrected chi connectivity index (χ1v) is 8.44. The summed E-state index contributed by atoms with van der Waals surface area (Å²) in [6.45, 7) is 0. The number of amides is 2. The van der Waals surface area contributed by atoms with E-state index in [0.717, 1.165) is 0 Å². The molecule has 24 heavy (non-hydrogen) atoms. The van der Waals surface area contributed by atoms with Crippen LogP contribution in [0.4, 0.5) is 5.69 Å². The summed E-state index contributed by atoms with van der Waals surface area (Å²) >= 11 is 0. The van der Waals surface area contributed by atoms with Crippen LogP contribution in [0.15, 0.2) is 30.4 Å². The number of hydrogen-bond acceptors (Lipinski definition) is 4. The molecule has 1 aliphatic heterocycles. The maximum atomic E-state index is 13.1. The molecule has 5 heteroatoms. The molecule has 0 spiro atoms. The van der Waals surface area contributed by atoms with Crippen molar-refractivity contribution in [3.63, 3.8) is 0 Å². The van der Waals surface area contributed by atoms with Crippen LogP contribution in [-0.4, -0.2) is 26.0 Å². The number of anilines is 1. The molecule has 0 unspecified atom stereocenters. The molecule has 0 radical (unpaired) electrons. The molecule has 6 rings (SSSR count). The van der Waals surface area contributed by atoms with Crippen LogP contribution in [0.2, 0.25) is 0 Å². The van der Waals surface area contributed by atoms with E-state index in [4.69, 9.17) is 9.47 Å². The van der Waals surface area contributed by atoms with E-state index in [0.29, 0.717) is 29.0 Å². The summed E-state index contributed by atoms with van der Waals surface area (Å²) in [4.78, 5) is 27.6. The fourth-order valence-corrected chi connectivity index (χ4v) is 5.17. The molecular weight excluding hydrogens is 306 g/mol. The highest BCUT2D eigenvalue weighted by Crippen LogP contribution is 2.65. The minimum atomic E-state index is -0.202. The van der Waals surface area contributed by atoms with E-state index in [-0.39, 0.29) is 35.5 Å². The average Bonchev–Trinajstić information content (AvgIpc) is 3.39. The zero-order chi connectivity index (χ0) is 16.6. The molecule has 1 heterocycles. The van der Waals surface area contributed by atoms with Gasteiger partial charge in [-0.05, 0) is 42.2 Å². The molecule has 6 atom stereocenters. The molecule has 0 N–H and O–H groups in total. The molecule has 124 valence electrons. The summed E-state index contributed by atoms with van der Waals surface area (Å²) in [5, 5.41) is 0. The summed E-state index contributed by atoms with van der Waals surface area (Å²) in [6, 6.07) is 5.21.